The van der Waals surface area contributed by atoms with Crippen molar-refractivity contribution in [3.63, 3.8) is 0 Å². The molecule has 1 fully saturated rings. The molecule has 5 heteroatoms. The first kappa shape index (κ1) is 18.4. The second kappa shape index (κ2) is 11.0. The van der Waals surface area contributed by atoms with Crippen molar-refractivity contribution in [2.24, 2.45) is 5.92 Å². The summed E-state index contributed by atoms with van der Waals surface area (Å²) < 4.78 is 10.6. The third-order valence-electron chi connectivity index (χ3n) is 3.91. The average molecular weight is 301 g/mol. The van der Waals surface area contributed by atoms with Gasteiger partial charge in [-0.3, -0.25) is 4.79 Å². The van der Waals surface area contributed by atoms with Crippen LogP contribution < -0.4 is 5.32 Å². The maximum Gasteiger partial charge on any atom is 0.305 e. The molecule has 0 aromatic rings. The van der Waals surface area contributed by atoms with E-state index in [2.05, 4.69) is 12.2 Å². The molecular weight excluding hydrogens is 270 g/mol. The standard InChI is InChI=1S/C16H31NO4/c1-3-20-16(19)5-4-10-17-11-14(18)12-21-15-8-6-13(2)7-9-15/h13-15,17-18H,3-12H2,1-2H3. The number of aliphatic hydroxyl groups excluding tert-OH is 1. The highest BCUT2D eigenvalue weighted by molar-refractivity contribution is 5.69. The lowest BCUT2D eigenvalue weighted by atomic mass is 9.89. The van der Waals surface area contributed by atoms with E-state index < -0.39 is 6.10 Å². The molecule has 0 spiro atoms. The van der Waals surface area contributed by atoms with E-state index in [1.54, 1.807) is 6.92 Å². The molecular formula is C16H31NO4. The number of carbonyl (C=O) groups excluding carboxylic acids is 1. The second-order valence-electron chi connectivity index (χ2n) is 5.98. The summed E-state index contributed by atoms with van der Waals surface area (Å²) in [6, 6.07) is 0. The van der Waals surface area contributed by atoms with Crippen LogP contribution in [0.5, 0.6) is 0 Å². The first-order valence-electron chi connectivity index (χ1n) is 8.27. The van der Waals surface area contributed by atoms with Gasteiger partial charge < -0.3 is 19.9 Å². The largest absolute Gasteiger partial charge is 0.466 e. The van der Waals surface area contributed by atoms with Gasteiger partial charge in [-0.05, 0) is 51.5 Å². The smallest absolute Gasteiger partial charge is 0.305 e. The lowest BCUT2D eigenvalue weighted by Gasteiger charge is -2.27. The molecule has 0 aromatic carbocycles. The first-order chi connectivity index (χ1) is 10.1. The number of ether oxygens (including phenoxy) is 2. The number of carbonyl (C=O) groups is 1. The van der Waals surface area contributed by atoms with Gasteiger partial charge in [-0.1, -0.05) is 6.92 Å². The Labute approximate surface area is 128 Å². The number of rotatable bonds is 10. The van der Waals surface area contributed by atoms with Gasteiger partial charge in [0.15, 0.2) is 0 Å². The Morgan fingerprint density at radius 2 is 2.05 bits per heavy atom. The summed E-state index contributed by atoms with van der Waals surface area (Å²) in [6.07, 6.45) is 5.67. The van der Waals surface area contributed by atoms with Crippen molar-refractivity contribution in [2.45, 2.75) is 64.6 Å². The van der Waals surface area contributed by atoms with Crippen LogP contribution in [0.3, 0.4) is 0 Å². The van der Waals surface area contributed by atoms with Crippen molar-refractivity contribution in [3.05, 3.63) is 0 Å². The van der Waals surface area contributed by atoms with E-state index in [1.807, 2.05) is 0 Å². The number of aliphatic hydroxyl groups is 1. The van der Waals surface area contributed by atoms with Gasteiger partial charge >= 0.3 is 5.97 Å². The molecule has 0 bridgehead atoms. The van der Waals surface area contributed by atoms with E-state index >= 15 is 0 Å². The number of hydrogen-bond donors (Lipinski definition) is 2. The summed E-state index contributed by atoms with van der Waals surface area (Å²) >= 11 is 0. The van der Waals surface area contributed by atoms with Crippen LogP contribution in [0.1, 0.15) is 52.4 Å². The molecule has 5 nitrogen and oxygen atoms in total. The summed E-state index contributed by atoms with van der Waals surface area (Å²) in [4.78, 5) is 11.1. The number of hydrogen-bond acceptors (Lipinski definition) is 5. The van der Waals surface area contributed by atoms with Crippen molar-refractivity contribution in [3.8, 4) is 0 Å². The summed E-state index contributed by atoms with van der Waals surface area (Å²) in [7, 11) is 0. The highest BCUT2D eigenvalue weighted by Gasteiger charge is 2.19. The minimum Gasteiger partial charge on any atom is -0.466 e. The van der Waals surface area contributed by atoms with Crippen LogP contribution in [0, 0.1) is 5.92 Å². The Balaban J connectivity index is 1.94. The monoisotopic (exact) mass is 301 g/mol. The molecule has 0 aromatic heterocycles. The quantitative estimate of drug-likeness (QED) is 0.476. The highest BCUT2D eigenvalue weighted by Crippen LogP contribution is 2.25. The fourth-order valence-corrected chi connectivity index (χ4v) is 2.56. The Bertz CT molecular complexity index is 277. The molecule has 1 aliphatic carbocycles. The van der Waals surface area contributed by atoms with Crippen LogP contribution in [0.4, 0.5) is 0 Å². The van der Waals surface area contributed by atoms with E-state index in [-0.39, 0.29) is 5.97 Å². The van der Waals surface area contributed by atoms with Crippen molar-refractivity contribution in [1.29, 1.82) is 0 Å². The van der Waals surface area contributed by atoms with Gasteiger partial charge in [-0.15, -0.1) is 0 Å². The number of nitrogens with one attached hydrogen (secondary N) is 1. The third kappa shape index (κ3) is 9.06. The van der Waals surface area contributed by atoms with Gasteiger partial charge in [-0.25, -0.2) is 0 Å². The number of esters is 1. The normalized spacial score (nSPS) is 23.8. The van der Waals surface area contributed by atoms with E-state index in [0.717, 1.165) is 25.2 Å². The van der Waals surface area contributed by atoms with Gasteiger partial charge in [0, 0.05) is 13.0 Å². The SMILES string of the molecule is CCOC(=O)CCCNCC(O)COC1CCC(C)CC1. The van der Waals surface area contributed by atoms with Gasteiger partial charge in [0.25, 0.3) is 0 Å². The van der Waals surface area contributed by atoms with Crippen LogP contribution in [0.25, 0.3) is 0 Å². The molecule has 0 amide bonds. The fraction of sp³-hybridized carbons (Fsp3) is 0.938. The molecule has 0 aliphatic heterocycles. The zero-order valence-electron chi connectivity index (χ0n) is 13.5. The van der Waals surface area contributed by atoms with Crippen LogP contribution in [0.2, 0.25) is 0 Å². The average Bonchev–Trinajstić information content (AvgIpc) is 2.46. The maximum atomic E-state index is 11.1. The van der Waals surface area contributed by atoms with E-state index in [4.69, 9.17) is 9.47 Å². The Hall–Kier alpha value is -0.650. The van der Waals surface area contributed by atoms with Gasteiger partial charge in [0.1, 0.15) is 0 Å². The maximum absolute atomic E-state index is 11.1. The molecule has 1 aliphatic rings. The molecule has 21 heavy (non-hydrogen) atoms. The molecule has 1 unspecified atom stereocenters. The summed E-state index contributed by atoms with van der Waals surface area (Å²) in [5.74, 6) is 0.658. The minimum atomic E-state index is -0.480. The lowest BCUT2D eigenvalue weighted by Crippen LogP contribution is -2.33. The second-order valence-corrected chi connectivity index (χ2v) is 5.98. The predicted molar refractivity (Wildman–Crippen MR) is 82.1 cm³/mol. The molecule has 0 heterocycles. The third-order valence-corrected chi connectivity index (χ3v) is 3.91. The van der Waals surface area contributed by atoms with Gasteiger partial charge in [0.05, 0.1) is 25.4 Å². The topological polar surface area (TPSA) is 67.8 Å². The molecule has 124 valence electrons. The highest BCUT2D eigenvalue weighted by atomic mass is 16.5. The zero-order valence-corrected chi connectivity index (χ0v) is 13.5. The van der Waals surface area contributed by atoms with E-state index in [1.165, 1.54) is 12.8 Å². The Morgan fingerprint density at radius 3 is 2.71 bits per heavy atom. The van der Waals surface area contributed by atoms with E-state index in [9.17, 15) is 9.90 Å². The van der Waals surface area contributed by atoms with Crippen LogP contribution in [0.15, 0.2) is 0 Å². The molecule has 2 N–H and O–H groups in total. The zero-order chi connectivity index (χ0) is 15.5. The minimum absolute atomic E-state index is 0.158. The summed E-state index contributed by atoms with van der Waals surface area (Å²) in [5, 5.41) is 13.0. The van der Waals surface area contributed by atoms with E-state index in [0.29, 0.717) is 38.8 Å². The Kier molecular flexibility index (Phi) is 9.63. The summed E-state index contributed by atoms with van der Waals surface area (Å²) in [5.41, 5.74) is 0. The van der Waals surface area contributed by atoms with Crippen LogP contribution in [-0.4, -0.2) is 49.6 Å². The van der Waals surface area contributed by atoms with Gasteiger partial charge in [-0.2, -0.15) is 0 Å². The molecule has 1 saturated carbocycles. The predicted octanol–water partition coefficient (Wildman–Crippen LogP) is 1.88. The molecule has 0 radical (unpaired) electrons. The van der Waals surface area contributed by atoms with Gasteiger partial charge in [0.2, 0.25) is 0 Å². The van der Waals surface area contributed by atoms with Crippen molar-refractivity contribution in [2.75, 3.05) is 26.3 Å². The Morgan fingerprint density at radius 1 is 1.33 bits per heavy atom. The molecule has 1 atom stereocenters. The van der Waals surface area contributed by atoms with Crippen molar-refractivity contribution >= 4 is 5.97 Å². The fourth-order valence-electron chi connectivity index (χ4n) is 2.56. The van der Waals surface area contributed by atoms with Crippen LogP contribution in [-0.2, 0) is 14.3 Å². The van der Waals surface area contributed by atoms with Crippen LogP contribution >= 0.6 is 0 Å². The van der Waals surface area contributed by atoms with Crippen molar-refractivity contribution < 1.29 is 19.4 Å². The molecule has 1 rings (SSSR count). The summed E-state index contributed by atoms with van der Waals surface area (Å²) in [6.45, 7) is 6.12. The first-order valence-corrected chi connectivity index (χ1v) is 8.27. The lowest BCUT2D eigenvalue weighted by molar-refractivity contribution is -0.143. The van der Waals surface area contributed by atoms with Crippen molar-refractivity contribution in [1.82, 2.24) is 5.32 Å². The molecule has 0 saturated heterocycles.